The highest BCUT2D eigenvalue weighted by Gasteiger charge is 2.52. The van der Waals surface area contributed by atoms with E-state index < -0.39 is 5.60 Å². The summed E-state index contributed by atoms with van der Waals surface area (Å²) in [5.74, 6) is 1.93. The first-order chi connectivity index (χ1) is 16.7. The van der Waals surface area contributed by atoms with Crippen LogP contribution in [0.3, 0.4) is 0 Å². The van der Waals surface area contributed by atoms with Gasteiger partial charge in [0.25, 0.3) is 0 Å². The van der Waals surface area contributed by atoms with E-state index in [1.54, 1.807) is 0 Å². The highest BCUT2D eigenvalue weighted by atomic mass is 16.5. The van der Waals surface area contributed by atoms with Crippen LogP contribution in [0, 0.1) is 23.7 Å². The molecule has 1 N–H and O–H groups in total. The van der Waals surface area contributed by atoms with Crippen molar-refractivity contribution < 1.29 is 19.4 Å². The van der Waals surface area contributed by atoms with Crippen LogP contribution in [0.15, 0.2) is 35.9 Å². The minimum absolute atomic E-state index is 0.118. The Labute approximate surface area is 211 Å². The summed E-state index contributed by atoms with van der Waals surface area (Å²) >= 11 is 0. The minimum atomic E-state index is -0.807. The van der Waals surface area contributed by atoms with Crippen molar-refractivity contribution in [2.45, 2.75) is 65.6 Å². The van der Waals surface area contributed by atoms with Gasteiger partial charge >= 0.3 is 5.97 Å². The van der Waals surface area contributed by atoms with Crippen LogP contribution in [0.2, 0.25) is 0 Å². The predicted octanol–water partition coefficient (Wildman–Crippen LogP) is 4.52. The molecule has 1 saturated carbocycles. The van der Waals surface area contributed by atoms with Gasteiger partial charge in [0.2, 0.25) is 0 Å². The number of anilines is 1. The molecule has 0 radical (unpaired) electrons. The van der Waals surface area contributed by atoms with Gasteiger partial charge in [-0.25, -0.2) is 0 Å². The minimum Gasteiger partial charge on any atom is -0.492 e. The van der Waals surface area contributed by atoms with Gasteiger partial charge in [0.05, 0.1) is 17.9 Å². The number of aliphatic hydroxyl groups is 1. The second-order valence-corrected chi connectivity index (χ2v) is 11.0. The smallest absolute Gasteiger partial charge is 0.303 e. The number of carbonyl (C=O) groups is 1. The van der Waals surface area contributed by atoms with Gasteiger partial charge in [0.1, 0.15) is 11.9 Å². The zero-order chi connectivity index (χ0) is 25.2. The number of benzene rings is 1. The third kappa shape index (κ3) is 5.54. The largest absolute Gasteiger partial charge is 0.492 e. The van der Waals surface area contributed by atoms with E-state index in [-0.39, 0.29) is 23.9 Å². The molecule has 2 fully saturated rings. The normalized spacial score (nSPS) is 32.4. The van der Waals surface area contributed by atoms with Crippen LogP contribution in [0.5, 0.6) is 5.75 Å². The predicted molar refractivity (Wildman–Crippen MR) is 140 cm³/mol. The Bertz CT molecular complexity index is 910. The number of fused-ring (bicyclic) bond motifs is 1. The Morgan fingerprint density at radius 1 is 1.20 bits per heavy atom. The average Bonchev–Trinajstić information content (AvgIpc) is 2.82. The second kappa shape index (κ2) is 10.9. The molecule has 3 aliphatic rings. The molecule has 0 bridgehead atoms. The van der Waals surface area contributed by atoms with Crippen molar-refractivity contribution in [3.63, 3.8) is 0 Å². The summed E-state index contributed by atoms with van der Waals surface area (Å²) in [6.07, 6.45) is 4.60. The molecule has 2 aliphatic carbocycles. The van der Waals surface area contributed by atoms with Crippen LogP contribution in [0.4, 0.5) is 5.69 Å². The highest BCUT2D eigenvalue weighted by Crippen LogP contribution is 2.51. The van der Waals surface area contributed by atoms with Crippen LogP contribution < -0.4 is 9.64 Å². The van der Waals surface area contributed by atoms with E-state index in [4.69, 9.17) is 9.47 Å². The fraction of sp³-hybridized carbons (Fsp3) is 0.690. The molecule has 1 aromatic carbocycles. The molecule has 6 nitrogen and oxygen atoms in total. The van der Waals surface area contributed by atoms with Crippen molar-refractivity contribution in [1.82, 2.24) is 4.90 Å². The Hall–Kier alpha value is -2.05. The number of para-hydroxylation sites is 2. The van der Waals surface area contributed by atoms with Gasteiger partial charge in [0, 0.05) is 52.0 Å². The maximum atomic E-state index is 11.8. The monoisotopic (exact) mass is 484 g/mol. The number of rotatable bonds is 7. The molecule has 6 atom stereocenters. The number of hydrogen-bond donors (Lipinski definition) is 1. The summed E-state index contributed by atoms with van der Waals surface area (Å²) in [6.45, 7) is 15.8. The number of hydrogen-bond acceptors (Lipinski definition) is 6. The van der Waals surface area contributed by atoms with E-state index >= 15 is 0 Å². The van der Waals surface area contributed by atoms with Gasteiger partial charge in [-0.3, -0.25) is 9.69 Å². The molecule has 0 unspecified atom stereocenters. The SMILES string of the molecule is CCOc1ccccc1N1CCN(C[C@@H](C)[C@@H]2CC[C@@H](C)[C@]3(O)C[C@@H](OC(C)=O)C(C)=C[C@H]23)CC1. The maximum Gasteiger partial charge on any atom is 0.303 e. The summed E-state index contributed by atoms with van der Waals surface area (Å²) in [4.78, 5) is 16.6. The third-order valence-electron chi connectivity index (χ3n) is 8.75. The molecule has 1 aliphatic heterocycles. The van der Waals surface area contributed by atoms with Crippen molar-refractivity contribution in [3.05, 3.63) is 35.9 Å². The zero-order valence-electron chi connectivity index (χ0n) is 22.2. The Morgan fingerprint density at radius 3 is 2.60 bits per heavy atom. The van der Waals surface area contributed by atoms with Crippen LogP contribution in [-0.2, 0) is 9.53 Å². The first-order valence-corrected chi connectivity index (χ1v) is 13.5. The van der Waals surface area contributed by atoms with E-state index in [1.807, 2.05) is 19.9 Å². The van der Waals surface area contributed by atoms with Crippen molar-refractivity contribution >= 4 is 11.7 Å². The van der Waals surface area contributed by atoms with Crippen LogP contribution in [0.25, 0.3) is 0 Å². The number of piperazine rings is 1. The van der Waals surface area contributed by atoms with E-state index in [1.165, 1.54) is 12.6 Å². The molecule has 35 heavy (non-hydrogen) atoms. The number of carbonyl (C=O) groups excluding carboxylic acids is 1. The van der Waals surface area contributed by atoms with Gasteiger partial charge in [-0.05, 0) is 62.1 Å². The Balaban J connectivity index is 1.40. The molecule has 0 spiro atoms. The summed E-state index contributed by atoms with van der Waals surface area (Å²) in [5, 5.41) is 11.8. The molecule has 1 heterocycles. The average molecular weight is 485 g/mol. The lowest BCUT2D eigenvalue weighted by Crippen LogP contribution is -2.56. The Kier molecular flexibility index (Phi) is 8.12. The van der Waals surface area contributed by atoms with Crippen molar-refractivity contribution in [2.24, 2.45) is 23.7 Å². The Morgan fingerprint density at radius 2 is 1.91 bits per heavy atom. The maximum absolute atomic E-state index is 11.8. The van der Waals surface area contributed by atoms with Crippen molar-refractivity contribution in [1.29, 1.82) is 0 Å². The van der Waals surface area contributed by atoms with Crippen molar-refractivity contribution in [3.8, 4) is 5.75 Å². The van der Waals surface area contributed by atoms with Gasteiger partial charge in [-0.1, -0.05) is 32.1 Å². The topological polar surface area (TPSA) is 62.2 Å². The lowest BCUT2D eigenvalue weighted by Gasteiger charge is -2.53. The molecular weight excluding hydrogens is 440 g/mol. The quantitative estimate of drug-likeness (QED) is 0.454. The number of nitrogens with zero attached hydrogens (tertiary/aromatic N) is 2. The summed E-state index contributed by atoms with van der Waals surface area (Å²) < 4.78 is 11.4. The fourth-order valence-electron chi connectivity index (χ4n) is 6.71. The summed E-state index contributed by atoms with van der Waals surface area (Å²) in [6, 6.07) is 8.34. The van der Waals surface area contributed by atoms with E-state index in [9.17, 15) is 9.90 Å². The molecule has 4 rings (SSSR count). The molecular formula is C29H44N2O4. The van der Waals surface area contributed by atoms with Crippen LogP contribution >= 0.6 is 0 Å². The van der Waals surface area contributed by atoms with Crippen LogP contribution in [-0.4, -0.2) is 67.0 Å². The lowest BCUT2D eigenvalue weighted by atomic mass is 9.57. The summed E-state index contributed by atoms with van der Waals surface area (Å²) in [5.41, 5.74) is 1.47. The van der Waals surface area contributed by atoms with Crippen molar-refractivity contribution in [2.75, 3.05) is 44.2 Å². The van der Waals surface area contributed by atoms with Gasteiger partial charge < -0.3 is 19.5 Å². The molecule has 0 amide bonds. The fourth-order valence-corrected chi connectivity index (χ4v) is 6.71. The van der Waals surface area contributed by atoms with E-state index in [0.29, 0.717) is 24.9 Å². The van der Waals surface area contributed by atoms with Gasteiger partial charge in [-0.2, -0.15) is 0 Å². The summed E-state index contributed by atoms with van der Waals surface area (Å²) in [7, 11) is 0. The standard InChI is InChI=1S/C29H44N2O4/c1-6-34-27-10-8-7-9-26(27)31-15-13-30(14-16-31)19-21(3)24-12-11-22(4)29(33)18-28(35-23(5)32)20(2)17-25(24)29/h7-10,17,21-22,24-25,28,33H,6,11-16,18-19H2,1-5H3/t21-,22-,24+,25-,28-,29-/m1/s1. The van der Waals surface area contributed by atoms with Gasteiger partial charge in [0.15, 0.2) is 0 Å². The van der Waals surface area contributed by atoms with Gasteiger partial charge in [-0.15, -0.1) is 0 Å². The number of ether oxygens (including phenoxy) is 2. The molecule has 1 saturated heterocycles. The lowest BCUT2D eigenvalue weighted by molar-refractivity contribution is -0.159. The number of esters is 1. The highest BCUT2D eigenvalue weighted by molar-refractivity contribution is 5.66. The van der Waals surface area contributed by atoms with Crippen LogP contribution in [0.1, 0.15) is 53.9 Å². The molecule has 1 aromatic rings. The third-order valence-corrected chi connectivity index (χ3v) is 8.75. The van der Waals surface area contributed by atoms with E-state index in [2.05, 4.69) is 47.9 Å². The second-order valence-electron chi connectivity index (χ2n) is 11.0. The molecule has 6 heteroatoms. The first kappa shape index (κ1) is 26.0. The van der Waals surface area contributed by atoms with E-state index in [0.717, 1.165) is 56.9 Å². The zero-order valence-corrected chi connectivity index (χ0v) is 22.2. The molecule has 194 valence electrons. The first-order valence-electron chi connectivity index (χ1n) is 13.5. The molecule has 0 aromatic heterocycles.